The summed E-state index contributed by atoms with van der Waals surface area (Å²) in [5, 5.41) is 12.8. The Hall–Kier alpha value is -1.60. The molecule has 0 heterocycles. The van der Waals surface area contributed by atoms with Gasteiger partial charge in [0.25, 0.3) is 0 Å². The number of anilines is 1. The summed E-state index contributed by atoms with van der Waals surface area (Å²) in [6, 6.07) is 4.57. The smallest absolute Gasteiger partial charge is 0.337 e. The van der Waals surface area contributed by atoms with Gasteiger partial charge in [-0.3, -0.25) is 0 Å². The molecule has 0 unspecified atom stereocenters. The molecule has 144 valence electrons. The zero-order valence-corrected chi connectivity index (χ0v) is 15.9. The molecule has 2 aliphatic carbocycles. The highest BCUT2D eigenvalue weighted by Gasteiger charge is 2.24. The van der Waals surface area contributed by atoms with Crippen LogP contribution < -0.4 is 10.0 Å². The molecule has 0 aliphatic heterocycles. The molecule has 26 heavy (non-hydrogen) atoms. The number of hydrogen-bond donors (Lipinski definition) is 3. The van der Waals surface area contributed by atoms with Gasteiger partial charge in [0.2, 0.25) is 10.0 Å². The summed E-state index contributed by atoms with van der Waals surface area (Å²) in [4.78, 5) is 11.7. The maximum atomic E-state index is 12.7. The van der Waals surface area contributed by atoms with Crippen molar-refractivity contribution in [2.75, 3.05) is 5.32 Å². The topological polar surface area (TPSA) is 95.5 Å². The van der Waals surface area contributed by atoms with Crippen molar-refractivity contribution in [2.45, 2.75) is 81.2 Å². The van der Waals surface area contributed by atoms with Crippen LogP contribution >= 0.6 is 0 Å². The highest BCUT2D eigenvalue weighted by molar-refractivity contribution is 7.89. The third-order valence-corrected chi connectivity index (χ3v) is 6.94. The SMILES string of the molecule is O=C(O)c1cc(S(=O)(=O)NC2CCCCCC2)ccc1NC1CCCC1. The Balaban J connectivity index is 1.79. The minimum atomic E-state index is -3.72. The molecule has 3 N–H and O–H groups in total. The normalized spacial score (nSPS) is 20.0. The fourth-order valence-corrected chi connectivity index (χ4v) is 5.30. The predicted octanol–water partition coefficient (Wildman–Crippen LogP) is 3.74. The van der Waals surface area contributed by atoms with Crippen LogP contribution in [0, 0.1) is 0 Å². The van der Waals surface area contributed by atoms with Gasteiger partial charge in [-0.2, -0.15) is 0 Å². The fraction of sp³-hybridized carbons (Fsp3) is 0.632. The van der Waals surface area contributed by atoms with Crippen LogP contribution in [0.15, 0.2) is 23.1 Å². The largest absolute Gasteiger partial charge is 0.478 e. The van der Waals surface area contributed by atoms with Crippen molar-refractivity contribution >= 4 is 21.7 Å². The second-order valence-corrected chi connectivity index (χ2v) is 9.16. The molecule has 0 amide bonds. The molecular formula is C19H28N2O4S. The number of carboxylic acid groups (broad SMARTS) is 1. The Morgan fingerprint density at radius 2 is 1.50 bits per heavy atom. The van der Waals surface area contributed by atoms with Crippen molar-refractivity contribution in [1.82, 2.24) is 4.72 Å². The first-order chi connectivity index (χ1) is 12.5. The van der Waals surface area contributed by atoms with Gasteiger partial charge in [0.1, 0.15) is 0 Å². The number of hydrogen-bond acceptors (Lipinski definition) is 4. The van der Waals surface area contributed by atoms with Crippen molar-refractivity contribution in [3.8, 4) is 0 Å². The lowest BCUT2D eigenvalue weighted by molar-refractivity contribution is 0.0697. The summed E-state index contributed by atoms with van der Waals surface area (Å²) < 4.78 is 28.2. The highest BCUT2D eigenvalue weighted by Crippen LogP contribution is 2.27. The maximum absolute atomic E-state index is 12.7. The van der Waals surface area contributed by atoms with Gasteiger partial charge in [-0.1, -0.05) is 38.5 Å². The Kier molecular flexibility index (Phi) is 6.19. The summed E-state index contributed by atoms with van der Waals surface area (Å²) in [7, 11) is -3.72. The van der Waals surface area contributed by atoms with E-state index in [9.17, 15) is 18.3 Å². The first-order valence-electron chi connectivity index (χ1n) is 9.62. The van der Waals surface area contributed by atoms with Gasteiger partial charge in [-0.25, -0.2) is 17.9 Å². The lowest BCUT2D eigenvalue weighted by Gasteiger charge is -2.19. The first-order valence-corrected chi connectivity index (χ1v) is 11.1. The Morgan fingerprint density at radius 3 is 2.12 bits per heavy atom. The lowest BCUT2D eigenvalue weighted by atomic mass is 10.1. The lowest BCUT2D eigenvalue weighted by Crippen LogP contribution is -2.34. The van der Waals surface area contributed by atoms with Crippen LogP contribution in [0.1, 0.15) is 74.6 Å². The van der Waals surface area contributed by atoms with E-state index in [0.717, 1.165) is 64.2 Å². The van der Waals surface area contributed by atoms with E-state index in [1.165, 1.54) is 12.1 Å². The van der Waals surface area contributed by atoms with Crippen molar-refractivity contribution in [3.63, 3.8) is 0 Å². The van der Waals surface area contributed by atoms with E-state index < -0.39 is 16.0 Å². The minimum Gasteiger partial charge on any atom is -0.478 e. The number of benzene rings is 1. The second-order valence-electron chi connectivity index (χ2n) is 7.45. The van der Waals surface area contributed by atoms with Crippen molar-refractivity contribution < 1.29 is 18.3 Å². The molecule has 0 radical (unpaired) electrons. The van der Waals surface area contributed by atoms with E-state index in [4.69, 9.17) is 0 Å². The van der Waals surface area contributed by atoms with Gasteiger partial charge in [-0.15, -0.1) is 0 Å². The van der Waals surface area contributed by atoms with Gasteiger partial charge >= 0.3 is 5.97 Å². The van der Waals surface area contributed by atoms with Crippen molar-refractivity contribution in [1.29, 1.82) is 0 Å². The third-order valence-electron chi connectivity index (χ3n) is 5.42. The van der Waals surface area contributed by atoms with Crippen LogP contribution in [0.25, 0.3) is 0 Å². The highest BCUT2D eigenvalue weighted by atomic mass is 32.2. The van der Waals surface area contributed by atoms with E-state index in [-0.39, 0.29) is 22.5 Å². The van der Waals surface area contributed by atoms with E-state index >= 15 is 0 Å². The molecule has 0 aromatic heterocycles. The van der Waals surface area contributed by atoms with Crippen LogP contribution in [0.4, 0.5) is 5.69 Å². The number of sulfonamides is 1. The molecule has 0 atom stereocenters. The number of carbonyl (C=O) groups is 1. The van der Waals surface area contributed by atoms with Gasteiger partial charge in [0, 0.05) is 17.8 Å². The zero-order chi connectivity index (χ0) is 18.6. The summed E-state index contributed by atoms with van der Waals surface area (Å²) in [6.45, 7) is 0. The molecule has 0 saturated heterocycles. The van der Waals surface area contributed by atoms with Crippen molar-refractivity contribution in [3.05, 3.63) is 23.8 Å². The number of rotatable bonds is 6. The van der Waals surface area contributed by atoms with Crippen LogP contribution in [-0.2, 0) is 10.0 Å². The summed E-state index contributed by atoms with van der Waals surface area (Å²) in [5.74, 6) is -1.11. The van der Waals surface area contributed by atoms with Crippen LogP contribution in [0.5, 0.6) is 0 Å². The average Bonchev–Trinajstić information content (AvgIpc) is 2.97. The molecule has 0 spiro atoms. The summed E-state index contributed by atoms with van der Waals surface area (Å²) in [5.41, 5.74) is 0.512. The number of aromatic carboxylic acids is 1. The standard InChI is InChI=1S/C19H28N2O4S/c22-19(23)17-13-16(11-12-18(17)20-14-7-5-6-8-14)26(24,25)21-15-9-3-1-2-4-10-15/h11-15,20-21H,1-10H2,(H,22,23). The molecule has 2 saturated carbocycles. The van der Waals surface area contributed by atoms with Gasteiger partial charge in [0.05, 0.1) is 10.5 Å². The molecule has 6 nitrogen and oxygen atoms in total. The molecular weight excluding hydrogens is 352 g/mol. The molecule has 2 aliphatic rings. The quantitative estimate of drug-likeness (QED) is 0.654. The molecule has 0 bridgehead atoms. The molecule has 2 fully saturated rings. The fourth-order valence-electron chi connectivity index (χ4n) is 3.97. The second kappa shape index (κ2) is 8.39. The summed E-state index contributed by atoms with van der Waals surface area (Å²) >= 11 is 0. The Bertz CT molecular complexity index is 734. The first kappa shape index (κ1) is 19.2. The van der Waals surface area contributed by atoms with Gasteiger partial charge in [0.15, 0.2) is 0 Å². The molecule has 3 rings (SSSR count). The predicted molar refractivity (Wildman–Crippen MR) is 101 cm³/mol. The summed E-state index contributed by atoms with van der Waals surface area (Å²) in [6.07, 6.45) is 10.3. The number of nitrogens with one attached hydrogen (secondary N) is 2. The van der Waals surface area contributed by atoms with E-state index in [2.05, 4.69) is 10.0 Å². The molecule has 1 aromatic rings. The van der Waals surface area contributed by atoms with Crippen LogP contribution in [0.3, 0.4) is 0 Å². The van der Waals surface area contributed by atoms with Gasteiger partial charge in [-0.05, 0) is 43.9 Å². The number of carboxylic acids is 1. The van der Waals surface area contributed by atoms with E-state index in [1.807, 2.05) is 0 Å². The zero-order valence-electron chi connectivity index (χ0n) is 15.0. The van der Waals surface area contributed by atoms with E-state index in [1.54, 1.807) is 6.07 Å². The maximum Gasteiger partial charge on any atom is 0.337 e. The molecule has 1 aromatic carbocycles. The minimum absolute atomic E-state index is 0.0145. The van der Waals surface area contributed by atoms with Gasteiger partial charge < -0.3 is 10.4 Å². The Labute approximate surface area is 155 Å². The monoisotopic (exact) mass is 380 g/mol. The van der Waals surface area contributed by atoms with Crippen molar-refractivity contribution in [2.24, 2.45) is 0 Å². The third kappa shape index (κ3) is 4.76. The molecule has 7 heteroatoms. The van der Waals surface area contributed by atoms with Crippen LogP contribution in [-0.4, -0.2) is 31.6 Å². The van der Waals surface area contributed by atoms with E-state index in [0.29, 0.717) is 5.69 Å². The average molecular weight is 381 g/mol. The van der Waals surface area contributed by atoms with Crippen LogP contribution in [0.2, 0.25) is 0 Å². The Morgan fingerprint density at radius 1 is 0.923 bits per heavy atom.